The molecule has 0 aliphatic rings. The molecule has 0 bridgehead atoms. The lowest BCUT2D eigenvalue weighted by Crippen LogP contribution is -2.27. The van der Waals surface area contributed by atoms with Gasteiger partial charge in [-0.25, -0.2) is 0 Å². The van der Waals surface area contributed by atoms with Crippen LogP contribution in [-0.4, -0.2) is 21.6 Å². The Morgan fingerprint density at radius 2 is 1.26 bits per heavy atom. The molecule has 0 spiro atoms. The van der Waals surface area contributed by atoms with Gasteiger partial charge in [0.15, 0.2) is 0 Å². The number of hydrogen-bond acceptors (Lipinski definition) is 4. The summed E-state index contributed by atoms with van der Waals surface area (Å²) in [6.45, 7) is 0.450. The Bertz CT molecular complexity index is 665. The van der Waals surface area contributed by atoms with Crippen molar-refractivity contribution in [3.05, 3.63) is 96.1 Å². The van der Waals surface area contributed by atoms with Crippen LogP contribution in [0.4, 0.5) is 0 Å². The molecule has 2 aromatic heterocycles. The van der Waals surface area contributed by atoms with Crippen LogP contribution in [0.25, 0.3) is 0 Å². The lowest BCUT2D eigenvalue weighted by molar-refractivity contribution is 0.172. The third-order valence-corrected chi connectivity index (χ3v) is 3.78. The molecule has 4 heteroatoms. The fourth-order valence-electron chi connectivity index (χ4n) is 2.56. The zero-order valence-electron chi connectivity index (χ0n) is 12.7. The summed E-state index contributed by atoms with van der Waals surface area (Å²) in [6.07, 6.45) is 6.37. The molecule has 2 atom stereocenters. The summed E-state index contributed by atoms with van der Waals surface area (Å²) in [6, 6.07) is 17.8. The minimum atomic E-state index is -0.578. The van der Waals surface area contributed by atoms with Gasteiger partial charge in [0.05, 0.1) is 12.1 Å². The molecular weight excluding hydrogens is 286 g/mol. The number of rotatable bonds is 6. The van der Waals surface area contributed by atoms with E-state index in [0.29, 0.717) is 6.54 Å². The summed E-state index contributed by atoms with van der Waals surface area (Å²) >= 11 is 0. The topological polar surface area (TPSA) is 58.0 Å². The van der Waals surface area contributed by atoms with E-state index in [4.69, 9.17) is 0 Å². The van der Waals surface area contributed by atoms with Crippen LogP contribution in [0.2, 0.25) is 0 Å². The Labute approximate surface area is 135 Å². The molecule has 3 aromatic rings. The van der Waals surface area contributed by atoms with Gasteiger partial charge in [0.2, 0.25) is 0 Å². The van der Waals surface area contributed by atoms with Gasteiger partial charge >= 0.3 is 0 Å². The van der Waals surface area contributed by atoms with Crippen molar-refractivity contribution in [2.45, 2.75) is 12.1 Å². The Morgan fingerprint density at radius 3 is 1.87 bits per heavy atom. The van der Waals surface area contributed by atoms with Gasteiger partial charge in [-0.2, -0.15) is 0 Å². The fraction of sp³-hybridized carbons (Fsp3) is 0.158. The van der Waals surface area contributed by atoms with E-state index < -0.39 is 6.10 Å². The predicted molar refractivity (Wildman–Crippen MR) is 89.7 cm³/mol. The summed E-state index contributed by atoms with van der Waals surface area (Å²) < 4.78 is 0. The van der Waals surface area contributed by atoms with Crippen molar-refractivity contribution in [3.63, 3.8) is 0 Å². The maximum absolute atomic E-state index is 10.4. The molecular formula is C19H19N3O. The molecule has 4 nitrogen and oxygen atoms in total. The van der Waals surface area contributed by atoms with E-state index in [-0.39, 0.29) is 6.04 Å². The van der Waals surface area contributed by atoms with E-state index in [1.54, 1.807) is 24.8 Å². The minimum Gasteiger partial charge on any atom is -0.387 e. The summed E-state index contributed by atoms with van der Waals surface area (Å²) in [5.74, 6) is 0. The quantitative estimate of drug-likeness (QED) is 0.735. The number of nitrogens with one attached hydrogen (secondary N) is 1. The molecule has 1 aromatic carbocycles. The van der Waals surface area contributed by atoms with Crippen molar-refractivity contribution >= 4 is 0 Å². The maximum Gasteiger partial charge on any atom is 0.0915 e. The van der Waals surface area contributed by atoms with Gasteiger partial charge in [-0.3, -0.25) is 9.97 Å². The van der Waals surface area contributed by atoms with Crippen LogP contribution in [0.1, 0.15) is 28.8 Å². The van der Waals surface area contributed by atoms with Gasteiger partial charge in [0, 0.05) is 31.3 Å². The summed E-state index contributed by atoms with van der Waals surface area (Å²) in [5.41, 5.74) is 3.13. The maximum atomic E-state index is 10.4. The second-order valence-corrected chi connectivity index (χ2v) is 5.33. The van der Waals surface area contributed by atoms with Crippen LogP contribution in [-0.2, 0) is 0 Å². The molecule has 2 heterocycles. The van der Waals surface area contributed by atoms with Gasteiger partial charge in [0.1, 0.15) is 0 Å². The molecule has 0 radical (unpaired) electrons. The fourth-order valence-corrected chi connectivity index (χ4v) is 2.56. The van der Waals surface area contributed by atoms with Gasteiger partial charge < -0.3 is 10.4 Å². The van der Waals surface area contributed by atoms with E-state index in [0.717, 1.165) is 16.7 Å². The second kappa shape index (κ2) is 7.63. The summed E-state index contributed by atoms with van der Waals surface area (Å²) in [5, 5.41) is 13.8. The largest absolute Gasteiger partial charge is 0.387 e. The van der Waals surface area contributed by atoms with E-state index in [2.05, 4.69) is 27.4 Å². The van der Waals surface area contributed by atoms with Gasteiger partial charge in [0.25, 0.3) is 0 Å². The minimum absolute atomic E-state index is 0.00990. The van der Waals surface area contributed by atoms with Crippen molar-refractivity contribution in [1.82, 2.24) is 15.3 Å². The first-order valence-corrected chi connectivity index (χ1v) is 7.61. The van der Waals surface area contributed by atoms with Crippen molar-refractivity contribution in [3.8, 4) is 0 Å². The first-order chi connectivity index (χ1) is 11.3. The Morgan fingerprint density at radius 1 is 0.739 bits per heavy atom. The highest BCUT2D eigenvalue weighted by Crippen LogP contribution is 2.22. The third-order valence-electron chi connectivity index (χ3n) is 3.78. The number of benzene rings is 1. The number of aromatic nitrogens is 2. The lowest BCUT2D eigenvalue weighted by Gasteiger charge is -2.22. The highest BCUT2D eigenvalue weighted by Gasteiger charge is 2.15. The van der Waals surface area contributed by atoms with E-state index in [1.165, 1.54) is 0 Å². The molecule has 0 fully saturated rings. The molecule has 23 heavy (non-hydrogen) atoms. The first-order valence-electron chi connectivity index (χ1n) is 7.61. The monoisotopic (exact) mass is 305 g/mol. The van der Waals surface area contributed by atoms with Gasteiger partial charge in [-0.15, -0.1) is 0 Å². The molecule has 0 saturated carbocycles. The van der Waals surface area contributed by atoms with Crippen LogP contribution in [0, 0.1) is 0 Å². The van der Waals surface area contributed by atoms with Crippen LogP contribution < -0.4 is 5.32 Å². The zero-order chi connectivity index (χ0) is 15.9. The Balaban J connectivity index is 1.77. The molecule has 3 rings (SSSR count). The van der Waals surface area contributed by atoms with Crippen LogP contribution in [0.5, 0.6) is 0 Å². The average molecular weight is 305 g/mol. The summed E-state index contributed by atoms with van der Waals surface area (Å²) in [4.78, 5) is 8.06. The standard InChI is InChI=1S/C19H19N3O/c23-18(15-6-10-20-11-7-15)14-22-19(16-4-2-1-3-5-16)17-8-12-21-13-9-17/h1-13,18-19,22-23H,14H2/t18-,19-/m1/s1. The molecule has 2 N–H and O–H groups in total. The Hall–Kier alpha value is -2.56. The predicted octanol–water partition coefficient (Wildman–Crippen LogP) is 2.89. The average Bonchev–Trinajstić information content (AvgIpc) is 2.64. The lowest BCUT2D eigenvalue weighted by atomic mass is 9.99. The number of pyridine rings is 2. The summed E-state index contributed by atoms with van der Waals surface area (Å²) in [7, 11) is 0. The SMILES string of the molecule is O[C@H](CN[C@H](c1ccccc1)c1ccncc1)c1ccncc1. The molecule has 0 aliphatic heterocycles. The highest BCUT2D eigenvalue weighted by atomic mass is 16.3. The van der Waals surface area contributed by atoms with E-state index in [1.807, 2.05) is 42.5 Å². The number of nitrogens with zero attached hydrogens (tertiary/aromatic N) is 2. The zero-order valence-corrected chi connectivity index (χ0v) is 12.7. The van der Waals surface area contributed by atoms with Crippen molar-refractivity contribution in [2.24, 2.45) is 0 Å². The second-order valence-electron chi connectivity index (χ2n) is 5.33. The van der Waals surface area contributed by atoms with Gasteiger partial charge in [-0.1, -0.05) is 30.3 Å². The smallest absolute Gasteiger partial charge is 0.0915 e. The third kappa shape index (κ3) is 4.00. The number of aliphatic hydroxyl groups is 1. The van der Waals surface area contributed by atoms with Crippen LogP contribution in [0.15, 0.2) is 79.4 Å². The number of hydrogen-bond donors (Lipinski definition) is 2. The van der Waals surface area contributed by atoms with E-state index in [9.17, 15) is 5.11 Å². The Kier molecular flexibility index (Phi) is 5.09. The molecule has 0 aliphatic carbocycles. The molecule has 0 amide bonds. The normalized spacial score (nSPS) is 13.4. The van der Waals surface area contributed by atoms with Crippen molar-refractivity contribution < 1.29 is 5.11 Å². The van der Waals surface area contributed by atoms with Crippen LogP contribution in [0.3, 0.4) is 0 Å². The molecule has 116 valence electrons. The first kappa shape index (κ1) is 15.3. The van der Waals surface area contributed by atoms with E-state index >= 15 is 0 Å². The van der Waals surface area contributed by atoms with Crippen LogP contribution >= 0.6 is 0 Å². The van der Waals surface area contributed by atoms with Crippen molar-refractivity contribution in [1.29, 1.82) is 0 Å². The van der Waals surface area contributed by atoms with Gasteiger partial charge in [-0.05, 0) is 41.0 Å². The van der Waals surface area contributed by atoms with Crippen molar-refractivity contribution in [2.75, 3.05) is 6.54 Å². The highest BCUT2D eigenvalue weighted by molar-refractivity contribution is 5.30. The molecule has 0 unspecified atom stereocenters. The number of aliphatic hydroxyl groups excluding tert-OH is 1. The molecule has 0 saturated heterocycles.